The lowest BCUT2D eigenvalue weighted by Gasteiger charge is -1.95. The van der Waals surface area contributed by atoms with E-state index in [9.17, 15) is 0 Å². The topological polar surface area (TPSA) is 28.7 Å². The minimum Gasteiger partial charge on any atom is -0.344 e. The van der Waals surface area contributed by atoms with Gasteiger partial charge in [-0.3, -0.25) is 0 Å². The van der Waals surface area contributed by atoms with Gasteiger partial charge in [-0.05, 0) is 18.6 Å². The van der Waals surface area contributed by atoms with Crippen molar-refractivity contribution in [1.29, 1.82) is 0 Å². The molecule has 1 N–H and O–H groups in total. The van der Waals surface area contributed by atoms with E-state index in [-0.39, 0.29) is 0 Å². The molecule has 11 heavy (non-hydrogen) atoms. The fourth-order valence-corrected chi connectivity index (χ4v) is 1.34. The number of benzene rings is 1. The Kier molecular flexibility index (Phi) is 1.36. The number of rotatable bonds is 0. The number of nitrogens with one attached hydrogen (secondary N) is 1. The van der Waals surface area contributed by atoms with Gasteiger partial charge in [-0.1, -0.05) is 17.7 Å². The molecule has 0 aliphatic rings. The molecule has 0 saturated heterocycles. The highest BCUT2D eigenvalue weighted by atomic mass is 35.5. The van der Waals surface area contributed by atoms with Crippen LogP contribution in [0.4, 0.5) is 0 Å². The highest BCUT2D eigenvalue weighted by Gasteiger charge is 2.02. The summed E-state index contributed by atoms with van der Waals surface area (Å²) in [4.78, 5) is 7.12. The van der Waals surface area contributed by atoms with Crippen LogP contribution in [0.3, 0.4) is 0 Å². The minimum atomic E-state index is 0.701. The molecule has 0 aliphatic carbocycles. The van der Waals surface area contributed by atoms with Gasteiger partial charge in [0.2, 0.25) is 0 Å². The molecule has 56 valence electrons. The first-order valence-corrected chi connectivity index (χ1v) is 3.75. The van der Waals surface area contributed by atoms with Gasteiger partial charge in [-0.25, -0.2) is 4.98 Å². The molecule has 0 saturated carbocycles. The fourth-order valence-electron chi connectivity index (χ4n) is 1.14. The number of H-pyrrole nitrogens is 1. The average molecular weight is 167 g/mol. The van der Waals surface area contributed by atoms with E-state index in [1.54, 1.807) is 6.33 Å². The molecule has 0 aliphatic heterocycles. The molecular formula is C8H7ClN2. The third-order valence-electron chi connectivity index (χ3n) is 1.74. The quantitative estimate of drug-likeness (QED) is 0.640. The summed E-state index contributed by atoms with van der Waals surface area (Å²) in [6.07, 6.45) is 1.66. The summed E-state index contributed by atoms with van der Waals surface area (Å²) in [5, 5.41) is 0.701. The number of aromatic amines is 1. The van der Waals surface area contributed by atoms with Crippen LogP contribution in [0.1, 0.15) is 5.56 Å². The van der Waals surface area contributed by atoms with Crippen LogP contribution in [0.2, 0.25) is 5.02 Å². The smallest absolute Gasteiger partial charge is 0.107 e. The predicted octanol–water partition coefficient (Wildman–Crippen LogP) is 2.52. The first kappa shape index (κ1) is 6.68. The third-order valence-corrected chi connectivity index (χ3v) is 2.04. The van der Waals surface area contributed by atoms with E-state index in [4.69, 9.17) is 11.6 Å². The van der Waals surface area contributed by atoms with E-state index in [0.717, 1.165) is 11.0 Å². The van der Waals surface area contributed by atoms with E-state index in [2.05, 4.69) is 9.97 Å². The van der Waals surface area contributed by atoms with Crippen LogP contribution in [-0.4, -0.2) is 9.97 Å². The summed E-state index contributed by atoms with van der Waals surface area (Å²) in [6, 6.07) is 3.84. The van der Waals surface area contributed by atoms with E-state index < -0.39 is 0 Å². The Bertz CT molecular complexity index is 356. The molecule has 0 spiro atoms. The second-order valence-corrected chi connectivity index (χ2v) is 2.90. The zero-order valence-corrected chi connectivity index (χ0v) is 6.81. The Morgan fingerprint density at radius 1 is 1.45 bits per heavy atom. The number of hydrogen-bond acceptors (Lipinski definition) is 1. The number of nitrogens with zero attached hydrogens (tertiary/aromatic N) is 1. The second kappa shape index (κ2) is 2.24. The van der Waals surface area contributed by atoms with Gasteiger partial charge < -0.3 is 4.98 Å². The number of aromatic nitrogens is 2. The summed E-state index contributed by atoms with van der Waals surface area (Å²) in [5.41, 5.74) is 3.05. The van der Waals surface area contributed by atoms with Gasteiger partial charge in [-0.2, -0.15) is 0 Å². The number of imidazole rings is 1. The van der Waals surface area contributed by atoms with Crippen LogP contribution < -0.4 is 0 Å². The van der Waals surface area contributed by atoms with Gasteiger partial charge in [0.1, 0.15) is 5.52 Å². The Morgan fingerprint density at radius 2 is 2.27 bits per heavy atom. The van der Waals surface area contributed by atoms with Gasteiger partial charge in [0, 0.05) is 0 Å². The highest BCUT2D eigenvalue weighted by Crippen LogP contribution is 2.22. The molecule has 2 rings (SSSR count). The Morgan fingerprint density at radius 3 is 3.00 bits per heavy atom. The van der Waals surface area contributed by atoms with Crippen molar-refractivity contribution in [3.05, 3.63) is 29.0 Å². The molecule has 0 unspecified atom stereocenters. The Balaban J connectivity index is 2.96. The van der Waals surface area contributed by atoms with Gasteiger partial charge in [0.05, 0.1) is 16.9 Å². The largest absolute Gasteiger partial charge is 0.344 e. The second-order valence-electron chi connectivity index (χ2n) is 2.49. The average Bonchev–Trinajstić information content (AvgIpc) is 2.45. The van der Waals surface area contributed by atoms with Crippen molar-refractivity contribution in [2.24, 2.45) is 0 Å². The molecule has 1 aromatic heterocycles. The van der Waals surface area contributed by atoms with Crippen molar-refractivity contribution < 1.29 is 0 Å². The Labute approximate surface area is 69.2 Å². The van der Waals surface area contributed by atoms with Crippen molar-refractivity contribution in [3.8, 4) is 0 Å². The van der Waals surface area contributed by atoms with Gasteiger partial charge in [0.15, 0.2) is 0 Å². The first-order chi connectivity index (χ1) is 5.29. The summed E-state index contributed by atoms with van der Waals surface area (Å²) >= 11 is 5.89. The normalized spacial score (nSPS) is 10.7. The van der Waals surface area contributed by atoms with E-state index in [1.807, 2.05) is 19.1 Å². The van der Waals surface area contributed by atoms with Crippen molar-refractivity contribution in [3.63, 3.8) is 0 Å². The molecule has 1 heterocycles. The predicted molar refractivity (Wildman–Crippen MR) is 45.8 cm³/mol. The first-order valence-electron chi connectivity index (χ1n) is 3.37. The van der Waals surface area contributed by atoms with Crippen LogP contribution in [0.25, 0.3) is 11.0 Å². The third kappa shape index (κ3) is 0.906. The van der Waals surface area contributed by atoms with Crippen LogP contribution in [0.5, 0.6) is 0 Å². The zero-order chi connectivity index (χ0) is 7.84. The molecule has 2 nitrogen and oxygen atoms in total. The number of aryl methyl sites for hydroxylation is 1. The number of fused-ring (bicyclic) bond motifs is 1. The van der Waals surface area contributed by atoms with Crippen LogP contribution in [-0.2, 0) is 0 Å². The van der Waals surface area contributed by atoms with Crippen molar-refractivity contribution in [2.45, 2.75) is 6.92 Å². The summed E-state index contributed by atoms with van der Waals surface area (Å²) in [5.74, 6) is 0. The molecule has 1 aromatic carbocycles. The van der Waals surface area contributed by atoms with Crippen molar-refractivity contribution in [1.82, 2.24) is 9.97 Å². The van der Waals surface area contributed by atoms with E-state index in [0.29, 0.717) is 5.02 Å². The van der Waals surface area contributed by atoms with E-state index in [1.165, 1.54) is 5.56 Å². The maximum atomic E-state index is 5.89. The lowest BCUT2D eigenvalue weighted by Crippen LogP contribution is -1.76. The molecule has 0 bridgehead atoms. The fraction of sp³-hybridized carbons (Fsp3) is 0.125. The maximum absolute atomic E-state index is 5.89. The maximum Gasteiger partial charge on any atom is 0.107 e. The lowest BCUT2D eigenvalue weighted by molar-refractivity contribution is 1.34. The monoisotopic (exact) mass is 166 g/mol. The standard InChI is InChI=1S/C8H7ClN2/c1-5-2-3-6(9)8-7(5)10-4-11-8/h2-4H,1H3,(H,10,11). The summed E-state index contributed by atoms with van der Waals surface area (Å²) in [7, 11) is 0. The van der Waals surface area contributed by atoms with Crippen LogP contribution >= 0.6 is 11.6 Å². The molecule has 0 amide bonds. The van der Waals surface area contributed by atoms with Gasteiger partial charge >= 0.3 is 0 Å². The number of halogens is 1. The van der Waals surface area contributed by atoms with Crippen LogP contribution in [0.15, 0.2) is 18.5 Å². The number of hydrogen-bond donors (Lipinski definition) is 1. The van der Waals surface area contributed by atoms with Gasteiger partial charge in [-0.15, -0.1) is 0 Å². The van der Waals surface area contributed by atoms with E-state index >= 15 is 0 Å². The molecule has 0 fully saturated rings. The molecule has 3 heteroatoms. The minimum absolute atomic E-state index is 0.701. The SMILES string of the molecule is Cc1ccc(Cl)c2nc[nH]c12. The molecular weight excluding hydrogens is 160 g/mol. The molecule has 0 radical (unpaired) electrons. The van der Waals surface area contributed by atoms with Crippen molar-refractivity contribution >= 4 is 22.6 Å². The molecule has 2 aromatic rings. The van der Waals surface area contributed by atoms with Crippen molar-refractivity contribution in [2.75, 3.05) is 0 Å². The summed E-state index contributed by atoms with van der Waals surface area (Å²) in [6.45, 7) is 2.02. The Hall–Kier alpha value is -1.02. The van der Waals surface area contributed by atoms with Crippen LogP contribution in [0, 0.1) is 6.92 Å². The molecule has 0 atom stereocenters. The zero-order valence-electron chi connectivity index (χ0n) is 6.06. The van der Waals surface area contributed by atoms with Gasteiger partial charge in [0.25, 0.3) is 0 Å². The highest BCUT2D eigenvalue weighted by molar-refractivity contribution is 6.35. The lowest BCUT2D eigenvalue weighted by atomic mass is 10.2. The summed E-state index contributed by atoms with van der Waals surface area (Å²) < 4.78 is 0.